The molecule has 2 aromatic rings. The van der Waals surface area contributed by atoms with Crippen molar-refractivity contribution in [3.8, 4) is 12.1 Å². The zero-order valence-corrected chi connectivity index (χ0v) is 34.5. The summed E-state index contributed by atoms with van der Waals surface area (Å²) in [6.07, 6.45) is -1.04. The third-order valence-electron chi connectivity index (χ3n) is 6.31. The van der Waals surface area contributed by atoms with Gasteiger partial charge in [-0.05, 0) is 121 Å². The number of carbonyl (C=O) groups is 4. The fourth-order valence-electron chi connectivity index (χ4n) is 4.13. The van der Waals surface area contributed by atoms with E-state index in [0.29, 0.717) is 9.99 Å². The second-order valence-corrected chi connectivity index (χ2v) is 14.7. The minimum absolute atomic E-state index is 0. The Morgan fingerprint density at radius 1 is 0.725 bits per heavy atom. The van der Waals surface area contributed by atoms with Crippen LogP contribution in [0.15, 0.2) is 28.7 Å². The molecule has 0 aliphatic carbocycles. The minimum atomic E-state index is -0.866. The Labute approximate surface area is 325 Å². The van der Waals surface area contributed by atoms with E-state index in [1.54, 1.807) is 53.7 Å². The Morgan fingerprint density at radius 3 is 1.37 bits per heavy atom. The van der Waals surface area contributed by atoms with E-state index in [9.17, 15) is 19.2 Å². The van der Waals surface area contributed by atoms with Gasteiger partial charge in [0, 0.05) is 15.3 Å². The number of ether oxygens (including phenoxy) is 4. The van der Waals surface area contributed by atoms with Crippen LogP contribution in [0.25, 0.3) is 0 Å². The molecule has 0 heterocycles. The van der Waals surface area contributed by atoms with Gasteiger partial charge in [-0.3, -0.25) is 0 Å². The average molecular weight is 888 g/mol. The molecular weight excluding hydrogens is 835 g/mol. The molecule has 14 heteroatoms. The molecule has 0 aliphatic rings. The second kappa shape index (κ2) is 22.8. The number of aryl methyl sites for hydroxylation is 4. The van der Waals surface area contributed by atoms with Gasteiger partial charge in [0.2, 0.25) is 0 Å². The molecule has 0 fully saturated rings. The molecule has 0 spiro atoms. The van der Waals surface area contributed by atoms with Gasteiger partial charge >= 0.3 is 24.1 Å². The molecule has 2 N–H and O–H groups in total. The van der Waals surface area contributed by atoms with Crippen molar-refractivity contribution in [2.75, 3.05) is 18.6 Å². The van der Waals surface area contributed by atoms with E-state index in [2.05, 4.69) is 43.4 Å². The third kappa shape index (κ3) is 19.3. The van der Waals surface area contributed by atoms with Crippen LogP contribution in [0.3, 0.4) is 0 Å². The van der Waals surface area contributed by atoms with Gasteiger partial charge < -0.3 is 29.6 Å². The molecule has 2 amide bonds. The summed E-state index contributed by atoms with van der Waals surface area (Å²) in [5, 5.41) is 22.6. The molecule has 2 rings (SSSR count). The predicted octanol–water partition coefficient (Wildman–Crippen LogP) is 7.85. The van der Waals surface area contributed by atoms with Crippen LogP contribution >= 0.6 is 38.5 Å². The van der Waals surface area contributed by atoms with Crippen molar-refractivity contribution < 1.29 is 38.1 Å². The molecule has 2 aromatic carbocycles. The van der Waals surface area contributed by atoms with Gasteiger partial charge in [0.1, 0.15) is 23.3 Å². The first-order chi connectivity index (χ1) is 23.0. The van der Waals surface area contributed by atoms with Crippen LogP contribution in [-0.2, 0) is 35.0 Å². The molecule has 0 unspecified atom stereocenters. The molecule has 0 saturated heterocycles. The summed E-state index contributed by atoms with van der Waals surface area (Å²) in [6.45, 7) is 18.2. The maximum absolute atomic E-state index is 12.0. The van der Waals surface area contributed by atoms with E-state index < -0.39 is 47.4 Å². The van der Waals surface area contributed by atoms with Crippen molar-refractivity contribution >= 4 is 62.6 Å². The van der Waals surface area contributed by atoms with Crippen molar-refractivity contribution in [3.05, 3.63) is 67.7 Å². The highest BCUT2D eigenvalue weighted by molar-refractivity contribution is 14.1. The maximum atomic E-state index is 12.0. The van der Waals surface area contributed by atoms with Crippen molar-refractivity contribution in [1.82, 2.24) is 10.6 Å². The van der Waals surface area contributed by atoms with Gasteiger partial charge in [0.15, 0.2) is 0 Å². The highest BCUT2D eigenvalue weighted by atomic mass is 127. The van der Waals surface area contributed by atoms with Gasteiger partial charge in [-0.25, -0.2) is 19.2 Å². The van der Waals surface area contributed by atoms with Gasteiger partial charge in [-0.2, -0.15) is 10.5 Å². The van der Waals surface area contributed by atoms with Crippen LogP contribution in [-0.4, -0.2) is 66.1 Å². The zero-order chi connectivity index (χ0) is 39.0. The SMILES string of the molecule is C.COC(=O)[C@H](CI)NC(=O)OC(C)(C)C.COC(=O)[C@H](Cc1c(C)cc(C#N)cc1C)NC(=O)OC(C)(C)C.Cc1cc(C#N)cc(C)c1Br. The maximum Gasteiger partial charge on any atom is 0.408 e. The van der Waals surface area contributed by atoms with Crippen LogP contribution in [0, 0.1) is 50.4 Å². The number of nitrogens with zero attached hydrogens (tertiary/aromatic N) is 2. The van der Waals surface area contributed by atoms with E-state index >= 15 is 0 Å². The molecule has 0 saturated carbocycles. The van der Waals surface area contributed by atoms with Crippen molar-refractivity contribution in [2.45, 2.75) is 106 Å². The molecule has 0 bridgehead atoms. The summed E-state index contributed by atoms with van der Waals surface area (Å²) in [6, 6.07) is 9.94. The predicted molar refractivity (Wildman–Crippen MR) is 209 cm³/mol. The Hall–Kier alpha value is -3.89. The minimum Gasteiger partial charge on any atom is -0.467 e. The topological polar surface area (TPSA) is 177 Å². The van der Waals surface area contributed by atoms with Gasteiger partial charge in [0.25, 0.3) is 0 Å². The lowest BCUT2D eigenvalue weighted by Gasteiger charge is -2.23. The number of hydrogen-bond acceptors (Lipinski definition) is 10. The summed E-state index contributed by atoms with van der Waals surface area (Å²) < 4.78 is 21.0. The van der Waals surface area contributed by atoms with E-state index in [0.717, 1.165) is 37.9 Å². The number of rotatable bonds is 7. The van der Waals surface area contributed by atoms with E-state index in [1.807, 2.05) is 62.4 Å². The zero-order valence-electron chi connectivity index (χ0n) is 30.8. The Balaban J connectivity index is 0. The molecule has 0 radical (unpaired) electrons. The Bertz CT molecular complexity index is 1540. The molecule has 0 aliphatic heterocycles. The van der Waals surface area contributed by atoms with Gasteiger partial charge in [0.05, 0.1) is 37.5 Å². The lowest BCUT2D eigenvalue weighted by Crippen LogP contribution is -2.45. The number of carbonyl (C=O) groups excluding carboxylic acids is 4. The number of nitriles is 2. The van der Waals surface area contributed by atoms with Gasteiger partial charge in [-0.1, -0.05) is 45.9 Å². The summed E-state index contributed by atoms with van der Waals surface area (Å²) in [5.41, 5.74) is 4.93. The number of methoxy groups -OCH3 is 2. The quantitative estimate of drug-likeness (QED) is 0.121. The Kier molecular flexibility index (Phi) is 22.0. The summed E-state index contributed by atoms with van der Waals surface area (Å²) in [5.74, 6) is -1.03. The largest absolute Gasteiger partial charge is 0.467 e. The first kappa shape index (κ1) is 49.2. The van der Waals surface area contributed by atoms with E-state index in [1.165, 1.54) is 14.2 Å². The highest BCUT2D eigenvalue weighted by Crippen LogP contribution is 2.22. The molecule has 12 nitrogen and oxygen atoms in total. The first-order valence-electron chi connectivity index (χ1n) is 15.4. The van der Waals surface area contributed by atoms with Crippen LogP contribution in [0.5, 0.6) is 0 Å². The van der Waals surface area contributed by atoms with Crippen LogP contribution in [0.4, 0.5) is 9.59 Å². The van der Waals surface area contributed by atoms with Gasteiger partial charge in [-0.15, -0.1) is 0 Å². The van der Waals surface area contributed by atoms with E-state index in [-0.39, 0.29) is 13.8 Å². The van der Waals surface area contributed by atoms with Crippen LogP contribution in [0.2, 0.25) is 0 Å². The highest BCUT2D eigenvalue weighted by Gasteiger charge is 2.27. The van der Waals surface area contributed by atoms with Crippen molar-refractivity contribution in [3.63, 3.8) is 0 Å². The lowest BCUT2D eigenvalue weighted by atomic mass is 9.94. The van der Waals surface area contributed by atoms with Crippen molar-refractivity contribution in [1.29, 1.82) is 10.5 Å². The van der Waals surface area contributed by atoms with Crippen LogP contribution < -0.4 is 10.6 Å². The number of esters is 2. The smallest absolute Gasteiger partial charge is 0.408 e. The summed E-state index contributed by atoms with van der Waals surface area (Å²) >= 11 is 5.42. The number of halogens is 2. The average Bonchev–Trinajstić information content (AvgIpc) is 3.01. The number of amides is 2. The second-order valence-electron chi connectivity index (χ2n) is 13.0. The molecule has 51 heavy (non-hydrogen) atoms. The standard InChI is InChI=1S/C18H24N2O4.C9H8BrN.C9H16INO4.CH4/c1-11-7-13(10-19)8-12(2)14(11)9-15(16(21)23-6)20-17(22)24-18(3,4)5;1-6-3-8(5-11)4-7(2)9(6)10;1-9(2,3)15-8(13)11-6(5-10)7(12)14-4;/h7-8,15H,9H2,1-6H3,(H,20,22);3-4H,1-2H3;6H,5H2,1-4H3,(H,11,13);1H4/t15-;;6-;/m0.0./s1. The Morgan fingerprint density at radius 2 is 1.06 bits per heavy atom. The number of nitrogens with one attached hydrogen (secondary N) is 2. The lowest BCUT2D eigenvalue weighted by molar-refractivity contribution is -0.143. The molecular formula is C37H52BrIN4O8. The fraction of sp³-hybridized carbons (Fsp3) is 0.514. The number of benzene rings is 2. The number of alkyl carbamates (subject to hydrolysis) is 2. The molecule has 0 aromatic heterocycles. The fourth-order valence-corrected chi connectivity index (χ4v) is 4.94. The van der Waals surface area contributed by atoms with Crippen molar-refractivity contribution in [2.24, 2.45) is 0 Å². The third-order valence-corrected chi connectivity index (χ3v) is 8.44. The monoisotopic (exact) mass is 886 g/mol. The molecule has 282 valence electrons. The van der Waals surface area contributed by atoms with E-state index in [4.69, 9.17) is 24.7 Å². The summed E-state index contributed by atoms with van der Waals surface area (Å²) in [4.78, 5) is 46.4. The number of hydrogen-bond donors (Lipinski definition) is 2. The van der Waals surface area contributed by atoms with Crippen LogP contribution in [0.1, 0.15) is 87.9 Å². The normalized spacial score (nSPS) is 11.5. The number of alkyl halides is 1. The molecule has 2 atom stereocenters. The summed E-state index contributed by atoms with van der Waals surface area (Å²) in [7, 11) is 2.54. The first-order valence-corrected chi connectivity index (χ1v) is 17.7.